The second-order valence-corrected chi connectivity index (χ2v) is 4.56. The largest absolute Gasteiger partial charge is 0.488 e. The molecular formula is C17H14ClFO. The molecular weight excluding hydrogens is 275 g/mol. The van der Waals surface area contributed by atoms with Gasteiger partial charge in [-0.1, -0.05) is 36.1 Å². The van der Waals surface area contributed by atoms with Gasteiger partial charge in [0.2, 0.25) is 0 Å². The van der Waals surface area contributed by atoms with Gasteiger partial charge in [-0.15, -0.1) is 11.6 Å². The normalized spacial score (nSPS) is 9.75. The summed E-state index contributed by atoms with van der Waals surface area (Å²) in [5.74, 6) is 5.94. The molecule has 0 aromatic heterocycles. The van der Waals surface area contributed by atoms with E-state index in [2.05, 4.69) is 11.8 Å². The Labute approximate surface area is 123 Å². The standard InChI is InChI=1S/C17H14ClFO/c1-13-5-2-3-6-15(13)12-20-17-9-8-16(19)11-14(17)7-4-10-18/h2-3,5-6,8-9,11H,10,12H2,1H3. The van der Waals surface area contributed by atoms with Crippen LogP contribution in [-0.2, 0) is 6.61 Å². The van der Waals surface area contributed by atoms with Crippen molar-refractivity contribution in [2.75, 3.05) is 5.88 Å². The Hall–Kier alpha value is -1.98. The molecule has 0 aliphatic heterocycles. The Morgan fingerprint density at radius 3 is 2.75 bits per heavy atom. The molecule has 0 bridgehead atoms. The molecule has 0 fully saturated rings. The second kappa shape index (κ2) is 6.98. The second-order valence-electron chi connectivity index (χ2n) is 4.29. The van der Waals surface area contributed by atoms with Gasteiger partial charge >= 0.3 is 0 Å². The van der Waals surface area contributed by atoms with Crippen LogP contribution in [0.2, 0.25) is 0 Å². The first kappa shape index (κ1) is 14.4. The SMILES string of the molecule is Cc1ccccc1COc1ccc(F)cc1C#CCCl. The summed E-state index contributed by atoms with van der Waals surface area (Å²) >= 11 is 5.53. The van der Waals surface area contributed by atoms with Crippen LogP contribution >= 0.6 is 11.6 Å². The highest BCUT2D eigenvalue weighted by Gasteiger charge is 2.05. The Morgan fingerprint density at radius 1 is 1.20 bits per heavy atom. The Bertz CT molecular complexity index is 656. The number of benzene rings is 2. The van der Waals surface area contributed by atoms with Crippen LogP contribution in [0.25, 0.3) is 0 Å². The third kappa shape index (κ3) is 3.76. The minimum Gasteiger partial charge on any atom is -0.488 e. The van der Waals surface area contributed by atoms with Crippen molar-refractivity contribution in [1.29, 1.82) is 0 Å². The molecule has 0 saturated heterocycles. The summed E-state index contributed by atoms with van der Waals surface area (Å²) in [4.78, 5) is 0. The van der Waals surface area contributed by atoms with Crippen LogP contribution in [-0.4, -0.2) is 5.88 Å². The summed E-state index contributed by atoms with van der Waals surface area (Å²) < 4.78 is 19.0. The van der Waals surface area contributed by atoms with E-state index in [0.29, 0.717) is 17.9 Å². The van der Waals surface area contributed by atoms with Gasteiger partial charge in [-0.2, -0.15) is 0 Å². The fraction of sp³-hybridized carbons (Fsp3) is 0.176. The van der Waals surface area contributed by atoms with Gasteiger partial charge < -0.3 is 4.74 Å². The van der Waals surface area contributed by atoms with Crippen LogP contribution in [0.5, 0.6) is 5.75 Å². The summed E-state index contributed by atoms with van der Waals surface area (Å²) in [7, 11) is 0. The molecule has 0 spiro atoms. The van der Waals surface area contributed by atoms with Crippen molar-refractivity contribution < 1.29 is 9.13 Å². The molecule has 0 aliphatic carbocycles. The lowest BCUT2D eigenvalue weighted by Gasteiger charge is -2.10. The van der Waals surface area contributed by atoms with Crippen LogP contribution in [0.4, 0.5) is 4.39 Å². The number of rotatable bonds is 3. The molecule has 20 heavy (non-hydrogen) atoms. The molecule has 102 valence electrons. The molecule has 0 radical (unpaired) electrons. The number of hydrogen-bond acceptors (Lipinski definition) is 1. The van der Waals surface area contributed by atoms with Gasteiger partial charge in [0.1, 0.15) is 18.2 Å². The molecule has 2 rings (SSSR count). The summed E-state index contributed by atoms with van der Waals surface area (Å²) in [5.41, 5.74) is 2.76. The van der Waals surface area contributed by atoms with Crippen molar-refractivity contribution >= 4 is 11.6 Å². The zero-order valence-electron chi connectivity index (χ0n) is 11.1. The predicted octanol–water partition coefficient (Wildman–Crippen LogP) is 4.30. The number of halogens is 2. The van der Waals surface area contributed by atoms with Crippen LogP contribution in [0, 0.1) is 24.6 Å². The Balaban J connectivity index is 2.19. The fourth-order valence-electron chi connectivity index (χ4n) is 1.78. The molecule has 0 aliphatic rings. The van der Waals surface area contributed by atoms with Crippen molar-refractivity contribution in [2.24, 2.45) is 0 Å². The van der Waals surface area contributed by atoms with Crippen LogP contribution in [0.3, 0.4) is 0 Å². The highest BCUT2D eigenvalue weighted by molar-refractivity contribution is 6.19. The van der Waals surface area contributed by atoms with Gasteiger partial charge in [0.15, 0.2) is 0 Å². The monoisotopic (exact) mass is 288 g/mol. The predicted molar refractivity (Wildman–Crippen MR) is 79.5 cm³/mol. The highest BCUT2D eigenvalue weighted by atomic mass is 35.5. The molecule has 2 aromatic carbocycles. The Morgan fingerprint density at radius 2 is 2.00 bits per heavy atom. The van der Waals surface area contributed by atoms with E-state index >= 15 is 0 Å². The molecule has 0 N–H and O–H groups in total. The first-order valence-electron chi connectivity index (χ1n) is 6.22. The summed E-state index contributed by atoms with van der Waals surface area (Å²) in [6.07, 6.45) is 0. The van der Waals surface area contributed by atoms with E-state index in [1.165, 1.54) is 12.1 Å². The molecule has 0 atom stereocenters. The zero-order chi connectivity index (χ0) is 14.4. The molecule has 0 amide bonds. The van der Waals surface area contributed by atoms with Gasteiger partial charge in [-0.25, -0.2) is 4.39 Å². The molecule has 1 nitrogen and oxygen atoms in total. The third-order valence-electron chi connectivity index (χ3n) is 2.88. The van der Waals surface area contributed by atoms with Crippen molar-refractivity contribution in [3.05, 3.63) is 65.0 Å². The van der Waals surface area contributed by atoms with E-state index in [4.69, 9.17) is 16.3 Å². The quantitative estimate of drug-likeness (QED) is 0.604. The number of ether oxygens (including phenoxy) is 1. The maximum atomic E-state index is 13.2. The van der Waals surface area contributed by atoms with E-state index in [9.17, 15) is 4.39 Å². The Kier molecular flexibility index (Phi) is 5.03. The van der Waals surface area contributed by atoms with Gasteiger partial charge in [0.05, 0.1) is 11.4 Å². The number of alkyl halides is 1. The summed E-state index contributed by atoms with van der Waals surface area (Å²) in [6.45, 7) is 2.45. The summed E-state index contributed by atoms with van der Waals surface area (Å²) in [5, 5.41) is 0. The van der Waals surface area contributed by atoms with Gasteiger partial charge in [-0.05, 0) is 36.2 Å². The molecule has 0 unspecified atom stereocenters. The lowest BCUT2D eigenvalue weighted by molar-refractivity contribution is 0.304. The van der Waals surface area contributed by atoms with Gasteiger partial charge in [-0.3, -0.25) is 0 Å². The maximum absolute atomic E-state index is 13.2. The molecule has 0 heterocycles. The van der Waals surface area contributed by atoms with E-state index in [1.54, 1.807) is 6.07 Å². The number of aryl methyl sites for hydroxylation is 1. The van der Waals surface area contributed by atoms with Crippen LogP contribution in [0.15, 0.2) is 42.5 Å². The number of hydrogen-bond donors (Lipinski definition) is 0. The first-order chi connectivity index (χ1) is 9.70. The summed E-state index contributed by atoms with van der Waals surface area (Å²) in [6, 6.07) is 12.3. The third-order valence-corrected chi connectivity index (χ3v) is 3.01. The highest BCUT2D eigenvalue weighted by Crippen LogP contribution is 2.20. The van der Waals surface area contributed by atoms with Crippen LogP contribution < -0.4 is 4.74 Å². The molecule has 3 heteroatoms. The average Bonchev–Trinajstić information content (AvgIpc) is 2.45. The van der Waals surface area contributed by atoms with E-state index in [-0.39, 0.29) is 11.7 Å². The van der Waals surface area contributed by atoms with Crippen molar-refractivity contribution in [1.82, 2.24) is 0 Å². The molecule has 2 aromatic rings. The lowest BCUT2D eigenvalue weighted by atomic mass is 10.1. The first-order valence-corrected chi connectivity index (χ1v) is 6.76. The van der Waals surface area contributed by atoms with E-state index in [1.807, 2.05) is 31.2 Å². The van der Waals surface area contributed by atoms with Crippen molar-refractivity contribution in [3.63, 3.8) is 0 Å². The zero-order valence-corrected chi connectivity index (χ0v) is 11.9. The lowest BCUT2D eigenvalue weighted by Crippen LogP contribution is -1.99. The van der Waals surface area contributed by atoms with Gasteiger partial charge in [0, 0.05) is 0 Å². The smallest absolute Gasteiger partial charge is 0.135 e. The topological polar surface area (TPSA) is 9.23 Å². The van der Waals surface area contributed by atoms with Crippen molar-refractivity contribution in [3.8, 4) is 17.6 Å². The van der Waals surface area contributed by atoms with Gasteiger partial charge in [0.25, 0.3) is 0 Å². The minimum absolute atomic E-state index is 0.202. The molecule has 0 saturated carbocycles. The van der Waals surface area contributed by atoms with Crippen molar-refractivity contribution in [2.45, 2.75) is 13.5 Å². The van der Waals surface area contributed by atoms with E-state index < -0.39 is 0 Å². The maximum Gasteiger partial charge on any atom is 0.135 e. The van der Waals surface area contributed by atoms with Crippen LogP contribution in [0.1, 0.15) is 16.7 Å². The average molecular weight is 289 g/mol. The van der Waals surface area contributed by atoms with E-state index in [0.717, 1.165) is 11.1 Å². The minimum atomic E-state index is -0.341. The fourth-order valence-corrected chi connectivity index (χ4v) is 1.85.